The molecular weight excluding hydrogens is 235 g/mol. The third-order valence-corrected chi connectivity index (χ3v) is 1.91. The number of rotatable bonds is 4. The highest BCUT2D eigenvalue weighted by Crippen LogP contribution is 2.16. The normalized spacial score (nSPS) is 11.9. The molecule has 0 unspecified atom stereocenters. The van der Waals surface area contributed by atoms with Gasteiger partial charge >= 0.3 is 6.18 Å². The fourth-order valence-corrected chi connectivity index (χ4v) is 1.38. The topological polar surface area (TPSA) is 67.1 Å². The van der Waals surface area contributed by atoms with Crippen molar-refractivity contribution in [1.29, 1.82) is 0 Å². The molecule has 8 heteroatoms. The highest BCUT2D eigenvalue weighted by atomic mass is 19.4. The maximum Gasteiger partial charge on any atom is 0.401 e. The van der Waals surface area contributed by atoms with Gasteiger partial charge in [0.05, 0.1) is 13.1 Å². The van der Waals surface area contributed by atoms with E-state index in [-0.39, 0.29) is 6.54 Å². The first-order valence-corrected chi connectivity index (χ1v) is 4.86. The van der Waals surface area contributed by atoms with E-state index in [0.29, 0.717) is 17.3 Å². The average molecular weight is 249 g/mol. The van der Waals surface area contributed by atoms with Crippen LogP contribution in [0.15, 0.2) is 6.07 Å². The zero-order chi connectivity index (χ0) is 13.1. The summed E-state index contributed by atoms with van der Waals surface area (Å²) < 4.78 is 36.4. The van der Waals surface area contributed by atoms with E-state index in [2.05, 4.69) is 15.4 Å². The molecular formula is C9H14F3N5. The molecule has 1 aromatic heterocycles. The first kappa shape index (κ1) is 13.7. The van der Waals surface area contributed by atoms with Gasteiger partial charge in [0, 0.05) is 11.8 Å². The highest BCUT2D eigenvalue weighted by Gasteiger charge is 2.29. The minimum Gasteiger partial charge on any atom is -0.308 e. The van der Waals surface area contributed by atoms with Crippen LogP contribution in [0.1, 0.15) is 11.5 Å². The van der Waals surface area contributed by atoms with E-state index < -0.39 is 12.7 Å². The smallest absolute Gasteiger partial charge is 0.308 e. The number of nitrogens with one attached hydrogen (secondary N) is 1. The number of hydrazine groups is 1. The molecule has 0 radical (unpaired) electrons. The predicted molar refractivity (Wildman–Crippen MR) is 57.0 cm³/mol. The summed E-state index contributed by atoms with van der Waals surface area (Å²) in [5.41, 5.74) is 2.98. The molecule has 0 fully saturated rings. The molecule has 3 N–H and O–H groups in total. The molecule has 5 nitrogen and oxygen atoms in total. The van der Waals surface area contributed by atoms with Crippen molar-refractivity contribution in [1.82, 2.24) is 14.9 Å². The molecule has 17 heavy (non-hydrogen) atoms. The summed E-state index contributed by atoms with van der Waals surface area (Å²) in [4.78, 5) is 9.09. The van der Waals surface area contributed by atoms with Gasteiger partial charge in [-0.1, -0.05) is 0 Å². The van der Waals surface area contributed by atoms with Crippen LogP contribution in [0.25, 0.3) is 0 Å². The molecule has 0 saturated heterocycles. The molecule has 0 bridgehead atoms. The lowest BCUT2D eigenvalue weighted by molar-refractivity contribution is -0.144. The largest absolute Gasteiger partial charge is 0.401 e. The third-order valence-electron chi connectivity index (χ3n) is 1.91. The minimum atomic E-state index is -4.23. The molecule has 0 aromatic carbocycles. The number of hydrogen-bond acceptors (Lipinski definition) is 5. The lowest BCUT2D eigenvalue weighted by Gasteiger charge is -2.17. The number of aryl methyl sites for hydroxylation is 1. The van der Waals surface area contributed by atoms with Gasteiger partial charge in [-0.25, -0.2) is 15.8 Å². The highest BCUT2D eigenvalue weighted by molar-refractivity contribution is 5.33. The summed E-state index contributed by atoms with van der Waals surface area (Å²) >= 11 is 0. The molecule has 1 aromatic rings. The molecule has 0 atom stereocenters. The lowest BCUT2D eigenvalue weighted by atomic mass is 10.4. The number of nitrogens with zero attached hydrogens (tertiary/aromatic N) is 3. The van der Waals surface area contributed by atoms with Gasteiger partial charge in [-0.15, -0.1) is 0 Å². The van der Waals surface area contributed by atoms with Crippen molar-refractivity contribution in [2.75, 3.05) is 19.0 Å². The number of aromatic nitrogens is 2. The van der Waals surface area contributed by atoms with Crippen LogP contribution in [-0.2, 0) is 6.54 Å². The molecule has 96 valence electrons. The third kappa shape index (κ3) is 4.96. The monoisotopic (exact) mass is 249 g/mol. The van der Waals surface area contributed by atoms with Gasteiger partial charge in [-0.2, -0.15) is 13.2 Å². The summed E-state index contributed by atoms with van der Waals surface area (Å²) in [5, 5.41) is 0. The van der Waals surface area contributed by atoms with Crippen molar-refractivity contribution in [2.45, 2.75) is 19.6 Å². The zero-order valence-electron chi connectivity index (χ0n) is 9.54. The van der Waals surface area contributed by atoms with Crippen molar-refractivity contribution < 1.29 is 13.2 Å². The van der Waals surface area contributed by atoms with Crippen molar-refractivity contribution in [3.05, 3.63) is 17.6 Å². The fraction of sp³-hybridized carbons (Fsp3) is 0.556. The minimum absolute atomic E-state index is 0.00979. The van der Waals surface area contributed by atoms with E-state index >= 15 is 0 Å². The SMILES string of the molecule is Cc1cc(NN)nc(CN(C)CC(F)(F)F)n1. The Labute approximate surface area is 96.8 Å². The summed E-state index contributed by atoms with van der Waals surface area (Å²) in [7, 11) is 1.36. The fourth-order valence-electron chi connectivity index (χ4n) is 1.38. The number of nitrogens with two attached hydrogens (primary N) is 1. The molecule has 0 amide bonds. The Morgan fingerprint density at radius 3 is 2.59 bits per heavy atom. The van der Waals surface area contributed by atoms with Gasteiger partial charge in [0.1, 0.15) is 11.6 Å². The number of alkyl halides is 3. The lowest BCUT2D eigenvalue weighted by Crippen LogP contribution is -2.31. The van der Waals surface area contributed by atoms with E-state index in [4.69, 9.17) is 5.84 Å². The van der Waals surface area contributed by atoms with Crippen molar-refractivity contribution in [3.8, 4) is 0 Å². The molecule has 0 aliphatic rings. The maximum absolute atomic E-state index is 12.1. The van der Waals surface area contributed by atoms with Gasteiger partial charge in [0.2, 0.25) is 0 Å². The van der Waals surface area contributed by atoms with Crippen LogP contribution >= 0.6 is 0 Å². The molecule has 0 spiro atoms. The van der Waals surface area contributed by atoms with Crippen LogP contribution in [0.3, 0.4) is 0 Å². The molecule has 1 rings (SSSR count). The van der Waals surface area contributed by atoms with Crippen LogP contribution < -0.4 is 11.3 Å². The zero-order valence-corrected chi connectivity index (χ0v) is 9.54. The summed E-state index contributed by atoms with van der Waals surface area (Å²) in [5.74, 6) is 5.86. The first-order chi connectivity index (χ1) is 7.80. The second-order valence-corrected chi connectivity index (χ2v) is 3.74. The molecule has 0 aliphatic heterocycles. The Hall–Kier alpha value is -1.41. The van der Waals surface area contributed by atoms with Crippen molar-refractivity contribution in [3.63, 3.8) is 0 Å². The summed E-state index contributed by atoms with van der Waals surface area (Å²) in [6, 6.07) is 1.60. The number of nitrogen functional groups attached to an aromatic ring is 1. The van der Waals surface area contributed by atoms with Crippen molar-refractivity contribution in [2.24, 2.45) is 5.84 Å². The van der Waals surface area contributed by atoms with E-state index in [0.717, 1.165) is 4.90 Å². The Bertz CT molecular complexity index is 379. The van der Waals surface area contributed by atoms with Crippen LogP contribution in [0.4, 0.5) is 19.0 Å². The van der Waals surface area contributed by atoms with Gasteiger partial charge in [0.25, 0.3) is 0 Å². The van der Waals surface area contributed by atoms with Gasteiger partial charge < -0.3 is 5.43 Å². The van der Waals surface area contributed by atoms with E-state index in [1.165, 1.54) is 7.05 Å². The van der Waals surface area contributed by atoms with E-state index in [9.17, 15) is 13.2 Å². The van der Waals surface area contributed by atoms with E-state index in [1.54, 1.807) is 13.0 Å². The maximum atomic E-state index is 12.1. The van der Waals surface area contributed by atoms with Crippen LogP contribution in [0.5, 0.6) is 0 Å². The number of halogens is 3. The molecule has 0 aliphatic carbocycles. The van der Waals surface area contributed by atoms with E-state index in [1.807, 2.05) is 0 Å². The second-order valence-electron chi connectivity index (χ2n) is 3.74. The quantitative estimate of drug-likeness (QED) is 0.617. The average Bonchev–Trinajstić information content (AvgIpc) is 2.13. The standard InChI is InChI=1S/C9H14F3N5/c1-6-3-7(16-13)15-8(14-6)4-17(2)5-9(10,11)12/h3H,4-5,13H2,1-2H3,(H,14,15,16). The predicted octanol–water partition coefficient (Wildman–Crippen LogP) is 1.06. The second kappa shape index (κ2) is 5.28. The number of anilines is 1. The molecule has 1 heterocycles. The summed E-state index contributed by atoms with van der Waals surface area (Å²) in [6.45, 7) is 0.724. The Morgan fingerprint density at radius 2 is 2.06 bits per heavy atom. The number of hydrogen-bond donors (Lipinski definition) is 2. The van der Waals surface area contributed by atoms with Crippen LogP contribution in [0.2, 0.25) is 0 Å². The Kier molecular flexibility index (Phi) is 4.24. The van der Waals surface area contributed by atoms with Gasteiger partial charge in [-0.3, -0.25) is 4.90 Å². The first-order valence-electron chi connectivity index (χ1n) is 4.86. The summed E-state index contributed by atoms with van der Waals surface area (Å²) in [6.07, 6.45) is -4.23. The Balaban J connectivity index is 2.71. The van der Waals surface area contributed by atoms with Gasteiger partial charge in [-0.05, 0) is 14.0 Å². The van der Waals surface area contributed by atoms with Crippen molar-refractivity contribution >= 4 is 5.82 Å². The van der Waals surface area contributed by atoms with Crippen LogP contribution in [0, 0.1) is 6.92 Å². The van der Waals surface area contributed by atoms with Crippen LogP contribution in [-0.4, -0.2) is 34.6 Å². The molecule has 0 saturated carbocycles. The Morgan fingerprint density at radius 1 is 1.41 bits per heavy atom. The van der Waals surface area contributed by atoms with Gasteiger partial charge in [0.15, 0.2) is 0 Å².